The number of rotatable bonds is 5. The topological polar surface area (TPSA) is 41.1 Å². The number of hydrogen-bond donors (Lipinski definition) is 1. The molecule has 110 valence electrons. The quantitative estimate of drug-likeness (QED) is 0.846. The van der Waals surface area contributed by atoms with Gasteiger partial charge in [-0.15, -0.1) is 0 Å². The summed E-state index contributed by atoms with van der Waals surface area (Å²) in [6, 6.07) is 2.37. The predicted molar refractivity (Wildman–Crippen MR) is 82.4 cm³/mol. The second-order valence-electron chi connectivity index (χ2n) is 6.03. The Balaban J connectivity index is 1.57. The molecule has 0 radical (unpaired) electrons. The van der Waals surface area contributed by atoms with Crippen LogP contribution in [0.3, 0.4) is 0 Å². The van der Waals surface area contributed by atoms with Gasteiger partial charge in [0.1, 0.15) is 16.8 Å². The summed E-state index contributed by atoms with van der Waals surface area (Å²) >= 11 is 6.08. The number of hydrogen-bond acceptors (Lipinski definition) is 4. The Hall–Kier alpha value is -0.870. The van der Waals surface area contributed by atoms with E-state index in [9.17, 15) is 0 Å². The zero-order valence-corrected chi connectivity index (χ0v) is 12.9. The molecule has 0 bridgehead atoms. The molecule has 1 aromatic heterocycles. The first-order valence-corrected chi connectivity index (χ1v) is 8.12. The molecule has 0 amide bonds. The molecule has 1 aliphatic heterocycles. The van der Waals surface area contributed by atoms with Gasteiger partial charge in [0.15, 0.2) is 0 Å². The monoisotopic (exact) mass is 294 g/mol. The van der Waals surface area contributed by atoms with E-state index >= 15 is 0 Å². The summed E-state index contributed by atoms with van der Waals surface area (Å²) in [7, 11) is 0. The number of likely N-dealkylation sites (tertiary alicyclic amines) is 1. The zero-order chi connectivity index (χ0) is 13.9. The van der Waals surface area contributed by atoms with E-state index in [-0.39, 0.29) is 0 Å². The van der Waals surface area contributed by atoms with Crippen LogP contribution in [-0.2, 0) is 0 Å². The molecule has 5 heteroatoms. The fourth-order valence-electron chi connectivity index (χ4n) is 2.79. The normalized spacial score (nSPS) is 21.7. The summed E-state index contributed by atoms with van der Waals surface area (Å²) in [4.78, 5) is 11.5. The Kier molecular flexibility index (Phi) is 4.41. The Bertz CT molecular complexity index is 455. The lowest BCUT2D eigenvalue weighted by atomic mass is 10.1. The first-order chi connectivity index (χ1) is 9.72. The third-order valence-electron chi connectivity index (χ3n) is 4.25. The molecule has 1 unspecified atom stereocenters. The van der Waals surface area contributed by atoms with Crippen LogP contribution in [0.2, 0.25) is 5.15 Å². The van der Waals surface area contributed by atoms with Crippen LogP contribution in [0.25, 0.3) is 0 Å². The van der Waals surface area contributed by atoms with E-state index in [0.29, 0.717) is 17.1 Å². The molecule has 2 heterocycles. The molecule has 1 aliphatic carbocycles. The van der Waals surface area contributed by atoms with Gasteiger partial charge in [0.05, 0.1) is 0 Å². The molecule has 1 saturated heterocycles. The smallest absolute Gasteiger partial charge is 0.135 e. The van der Waals surface area contributed by atoms with Crippen LogP contribution in [-0.4, -0.2) is 40.5 Å². The third kappa shape index (κ3) is 3.61. The van der Waals surface area contributed by atoms with Crippen molar-refractivity contribution in [2.75, 3.05) is 25.0 Å². The minimum absolute atomic E-state index is 0.536. The van der Waals surface area contributed by atoms with E-state index in [1.54, 1.807) is 0 Å². The van der Waals surface area contributed by atoms with Crippen LogP contribution in [0.1, 0.15) is 50.8 Å². The average molecular weight is 295 g/mol. The van der Waals surface area contributed by atoms with Gasteiger partial charge in [-0.3, -0.25) is 4.90 Å². The van der Waals surface area contributed by atoms with Crippen LogP contribution in [0.15, 0.2) is 6.07 Å². The van der Waals surface area contributed by atoms with Crippen molar-refractivity contribution in [3.8, 4) is 0 Å². The highest BCUT2D eigenvalue weighted by molar-refractivity contribution is 6.29. The van der Waals surface area contributed by atoms with Crippen LogP contribution < -0.4 is 5.32 Å². The van der Waals surface area contributed by atoms with Crippen molar-refractivity contribution in [1.82, 2.24) is 14.9 Å². The standard InChI is InChI=1S/C15H23ClN4/c1-11(20-7-3-2-4-8-20)10-17-14-9-13(16)18-15(19-14)12-5-6-12/h9,11-12H,2-8,10H2,1H3,(H,17,18,19). The van der Waals surface area contributed by atoms with Gasteiger partial charge in [-0.05, 0) is 45.7 Å². The molecule has 20 heavy (non-hydrogen) atoms. The lowest BCUT2D eigenvalue weighted by molar-refractivity contribution is 0.180. The SMILES string of the molecule is CC(CNc1cc(Cl)nc(C2CC2)n1)N1CCCCC1. The summed E-state index contributed by atoms with van der Waals surface area (Å²) in [5.41, 5.74) is 0. The van der Waals surface area contributed by atoms with E-state index in [0.717, 1.165) is 18.2 Å². The lowest BCUT2D eigenvalue weighted by Gasteiger charge is -2.32. The summed E-state index contributed by atoms with van der Waals surface area (Å²) in [6.07, 6.45) is 6.43. The second kappa shape index (κ2) is 6.27. The summed E-state index contributed by atoms with van der Waals surface area (Å²) in [5, 5.41) is 3.98. The maximum atomic E-state index is 6.08. The van der Waals surface area contributed by atoms with Gasteiger partial charge in [-0.25, -0.2) is 9.97 Å². The molecule has 1 N–H and O–H groups in total. The molecule has 1 saturated carbocycles. The van der Waals surface area contributed by atoms with Gasteiger partial charge in [0.25, 0.3) is 0 Å². The highest BCUT2D eigenvalue weighted by Gasteiger charge is 2.27. The van der Waals surface area contributed by atoms with Crippen molar-refractivity contribution < 1.29 is 0 Å². The van der Waals surface area contributed by atoms with Crippen LogP contribution in [0.5, 0.6) is 0 Å². The minimum atomic E-state index is 0.536. The third-order valence-corrected chi connectivity index (χ3v) is 4.44. The van der Waals surface area contributed by atoms with Gasteiger partial charge in [-0.1, -0.05) is 18.0 Å². The Morgan fingerprint density at radius 3 is 2.75 bits per heavy atom. The maximum Gasteiger partial charge on any atom is 0.135 e. The first-order valence-electron chi connectivity index (χ1n) is 7.75. The van der Waals surface area contributed by atoms with Gasteiger partial charge >= 0.3 is 0 Å². The Labute approximate surface area is 125 Å². The fourth-order valence-corrected chi connectivity index (χ4v) is 2.98. The van der Waals surface area contributed by atoms with Crippen LogP contribution in [0, 0.1) is 0 Å². The molecule has 2 fully saturated rings. The molecular weight excluding hydrogens is 272 g/mol. The van der Waals surface area contributed by atoms with Crippen molar-refractivity contribution in [1.29, 1.82) is 0 Å². The molecule has 2 aliphatic rings. The summed E-state index contributed by atoms with van der Waals surface area (Å²) in [5.74, 6) is 2.31. The summed E-state index contributed by atoms with van der Waals surface area (Å²) < 4.78 is 0. The van der Waals surface area contributed by atoms with Crippen LogP contribution in [0.4, 0.5) is 5.82 Å². The minimum Gasteiger partial charge on any atom is -0.368 e. The number of nitrogens with one attached hydrogen (secondary N) is 1. The molecular formula is C15H23ClN4. The molecule has 0 spiro atoms. The van der Waals surface area contributed by atoms with Gasteiger partial charge in [0.2, 0.25) is 0 Å². The number of nitrogens with zero attached hydrogens (tertiary/aromatic N) is 3. The van der Waals surface area contributed by atoms with Gasteiger partial charge in [-0.2, -0.15) is 0 Å². The molecule has 4 nitrogen and oxygen atoms in total. The van der Waals surface area contributed by atoms with Crippen molar-refractivity contribution in [2.45, 2.75) is 51.0 Å². The number of piperidine rings is 1. The second-order valence-corrected chi connectivity index (χ2v) is 6.42. The van der Waals surface area contributed by atoms with Crippen LogP contribution >= 0.6 is 11.6 Å². The van der Waals surface area contributed by atoms with Crippen molar-refractivity contribution in [3.05, 3.63) is 17.0 Å². The van der Waals surface area contributed by atoms with Crippen molar-refractivity contribution in [2.24, 2.45) is 0 Å². The van der Waals surface area contributed by atoms with Crippen molar-refractivity contribution >= 4 is 17.4 Å². The van der Waals surface area contributed by atoms with E-state index in [2.05, 4.69) is 27.1 Å². The zero-order valence-electron chi connectivity index (χ0n) is 12.1. The maximum absolute atomic E-state index is 6.08. The number of aromatic nitrogens is 2. The van der Waals surface area contributed by atoms with E-state index in [4.69, 9.17) is 11.6 Å². The molecule has 0 aromatic carbocycles. The predicted octanol–water partition coefficient (Wildman–Crippen LogP) is 3.29. The Morgan fingerprint density at radius 1 is 1.30 bits per heavy atom. The van der Waals surface area contributed by atoms with Gasteiger partial charge < -0.3 is 5.32 Å². The molecule has 1 aromatic rings. The fraction of sp³-hybridized carbons (Fsp3) is 0.733. The van der Waals surface area contributed by atoms with E-state index in [1.165, 1.54) is 45.2 Å². The highest BCUT2D eigenvalue weighted by atomic mass is 35.5. The van der Waals surface area contributed by atoms with E-state index < -0.39 is 0 Å². The molecule has 3 rings (SSSR count). The Morgan fingerprint density at radius 2 is 2.05 bits per heavy atom. The van der Waals surface area contributed by atoms with E-state index in [1.807, 2.05) is 6.07 Å². The van der Waals surface area contributed by atoms with Gasteiger partial charge in [0, 0.05) is 24.6 Å². The molecule has 1 atom stereocenters. The average Bonchev–Trinajstić information content (AvgIpc) is 3.30. The van der Waals surface area contributed by atoms with Crippen molar-refractivity contribution in [3.63, 3.8) is 0 Å². The highest BCUT2D eigenvalue weighted by Crippen LogP contribution is 2.38. The number of halogens is 1. The number of anilines is 1. The first kappa shape index (κ1) is 14.1. The lowest BCUT2D eigenvalue weighted by Crippen LogP contribution is -2.41. The summed E-state index contributed by atoms with van der Waals surface area (Å²) in [6.45, 7) is 5.64. The largest absolute Gasteiger partial charge is 0.368 e.